The highest BCUT2D eigenvalue weighted by molar-refractivity contribution is 5.84. The Morgan fingerprint density at radius 3 is 2.17 bits per heavy atom. The van der Waals surface area contributed by atoms with E-state index in [0.717, 1.165) is 57.8 Å². The van der Waals surface area contributed by atoms with Gasteiger partial charge in [0.25, 0.3) is 0 Å². The van der Waals surface area contributed by atoms with Gasteiger partial charge >= 0.3 is 5.97 Å². The Kier molecular flexibility index (Phi) is 10.4. The van der Waals surface area contributed by atoms with E-state index in [1.165, 1.54) is 31.3 Å². The minimum Gasteiger partial charge on any atom is -0.481 e. The number of unbranched alkanes of at least 4 members (excludes halogenated alkanes) is 3. The van der Waals surface area contributed by atoms with Gasteiger partial charge in [-0.05, 0) is 135 Å². The Morgan fingerprint density at radius 2 is 1.47 bits per heavy atom. The highest BCUT2D eigenvalue weighted by atomic mass is 16.4. The topological polar surface area (TPSA) is 116 Å². The third-order valence-corrected chi connectivity index (χ3v) is 15.8. The summed E-state index contributed by atoms with van der Waals surface area (Å²) in [5.41, 5.74) is 1.38. The highest BCUT2D eigenvalue weighted by Crippen LogP contribution is 2.77. The summed E-state index contributed by atoms with van der Waals surface area (Å²) < 4.78 is 0. The van der Waals surface area contributed by atoms with E-state index < -0.39 is 5.97 Å². The molecule has 7 heteroatoms. The number of carboxylic acid groups (broad SMARTS) is 1. The monoisotopic (exact) mass is 654 g/mol. The molecule has 5 aliphatic rings. The Morgan fingerprint density at radius 1 is 0.745 bits per heavy atom. The Balaban J connectivity index is 1.26. The van der Waals surface area contributed by atoms with Gasteiger partial charge in [0.1, 0.15) is 0 Å². The van der Waals surface area contributed by atoms with E-state index in [1.54, 1.807) is 0 Å². The largest absolute Gasteiger partial charge is 0.481 e. The van der Waals surface area contributed by atoms with Crippen LogP contribution in [0.15, 0.2) is 12.2 Å². The smallest absolute Gasteiger partial charge is 0.303 e. The van der Waals surface area contributed by atoms with Crippen molar-refractivity contribution in [3.63, 3.8) is 0 Å². The van der Waals surface area contributed by atoms with E-state index in [1.807, 2.05) is 0 Å². The molecule has 0 aliphatic heterocycles. The Hall–Kier alpha value is -1.89. The second-order valence-corrected chi connectivity index (χ2v) is 18.1. The van der Waals surface area contributed by atoms with Crippen molar-refractivity contribution in [2.24, 2.45) is 56.7 Å². The zero-order valence-corrected chi connectivity index (χ0v) is 30.5. The van der Waals surface area contributed by atoms with Crippen LogP contribution in [0.2, 0.25) is 0 Å². The van der Waals surface area contributed by atoms with Gasteiger partial charge in [0, 0.05) is 25.9 Å². The predicted octanol–water partition coefficient (Wildman–Crippen LogP) is 7.66. The molecule has 0 bridgehead atoms. The van der Waals surface area contributed by atoms with Crippen molar-refractivity contribution in [1.82, 2.24) is 10.6 Å². The first kappa shape index (κ1) is 36.4. The molecule has 0 spiro atoms. The maximum absolute atomic E-state index is 14.3. The molecule has 0 saturated heterocycles. The number of hydrogen-bond acceptors (Lipinski definition) is 4. The number of aliphatic hydroxyl groups is 1. The fraction of sp³-hybridized carbons (Fsp3) is 0.875. The van der Waals surface area contributed by atoms with Crippen molar-refractivity contribution >= 4 is 17.8 Å². The van der Waals surface area contributed by atoms with Crippen LogP contribution in [0, 0.1) is 56.7 Å². The molecule has 2 amide bonds. The summed E-state index contributed by atoms with van der Waals surface area (Å²) in [7, 11) is 0. The van der Waals surface area contributed by atoms with Crippen molar-refractivity contribution in [2.45, 2.75) is 150 Å². The minimum atomic E-state index is -0.759. The molecule has 7 nitrogen and oxygen atoms in total. The van der Waals surface area contributed by atoms with Crippen LogP contribution in [0.4, 0.5) is 0 Å². The third kappa shape index (κ3) is 6.11. The molecule has 47 heavy (non-hydrogen) atoms. The molecular formula is C40H66N2O5. The molecule has 0 aromatic heterocycles. The van der Waals surface area contributed by atoms with Gasteiger partial charge in [-0.25, -0.2) is 0 Å². The summed E-state index contributed by atoms with van der Waals surface area (Å²) in [6.45, 7) is 20.0. The minimum absolute atomic E-state index is 0.0407. The van der Waals surface area contributed by atoms with E-state index in [4.69, 9.17) is 5.11 Å². The average molecular weight is 655 g/mol. The number of carbonyl (C=O) groups is 3. The number of rotatable bonds is 12. The standard InChI is InChI=1S/C40H66N2O5/c1-26(2)27-15-21-40(35(47)42-25-18-32(44)41-24-11-9-8-10-12-33(45)46)23-22-38(6)28(34(27)40)13-14-30-37(5)19-17-31(43)36(3,4)29(37)16-20-39(30,38)7/h27-31,34,43H,1,8-25H2,2-7H3,(H,41,44)(H,42,47)(H,45,46)/t27-,28+,29-,30?,31-,34+,37-,38+,39+,40-/m0/s1. The first-order chi connectivity index (χ1) is 22.0. The van der Waals surface area contributed by atoms with E-state index in [9.17, 15) is 19.5 Å². The quantitative estimate of drug-likeness (QED) is 0.127. The van der Waals surface area contributed by atoms with Crippen molar-refractivity contribution in [2.75, 3.05) is 13.1 Å². The van der Waals surface area contributed by atoms with Crippen LogP contribution in [0.5, 0.6) is 0 Å². The summed E-state index contributed by atoms with van der Waals surface area (Å²) in [6, 6.07) is 0. The molecule has 10 atom stereocenters. The molecule has 1 unspecified atom stereocenters. The average Bonchev–Trinajstić information content (AvgIpc) is 3.40. The van der Waals surface area contributed by atoms with Crippen molar-refractivity contribution in [3.05, 3.63) is 12.2 Å². The van der Waals surface area contributed by atoms with Crippen LogP contribution in [-0.4, -0.2) is 47.2 Å². The first-order valence-corrected chi connectivity index (χ1v) is 19.1. The van der Waals surface area contributed by atoms with Gasteiger partial charge in [-0.3, -0.25) is 14.4 Å². The van der Waals surface area contributed by atoms with Gasteiger partial charge in [-0.1, -0.05) is 59.6 Å². The van der Waals surface area contributed by atoms with Gasteiger partial charge in [0.15, 0.2) is 0 Å². The normalized spacial score (nSPS) is 41.9. The lowest BCUT2D eigenvalue weighted by Crippen LogP contribution is -2.67. The number of aliphatic hydroxyl groups excluding tert-OH is 1. The van der Waals surface area contributed by atoms with Gasteiger partial charge < -0.3 is 20.8 Å². The van der Waals surface area contributed by atoms with Crippen LogP contribution < -0.4 is 10.6 Å². The maximum atomic E-state index is 14.3. The van der Waals surface area contributed by atoms with Gasteiger partial charge in [-0.15, -0.1) is 0 Å². The molecule has 0 heterocycles. The zero-order valence-electron chi connectivity index (χ0n) is 30.5. The zero-order chi connectivity index (χ0) is 34.4. The predicted molar refractivity (Wildman–Crippen MR) is 186 cm³/mol. The fourth-order valence-electron chi connectivity index (χ4n) is 13.1. The second-order valence-electron chi connectivity index (χ2n) is 18.1. The molecule has 4 N–H and O–H groups in total. The summed E-state index contributed by atoms with van der Waals surface area (Å²) in [4.78, 5) is 37.5. The summed E-state index contributed by atoms with van der Waals surface area (Å²) in [6.07, 6.45) is 14.3. The van der Waals surface area contributed by atoms with E-state index in [2.05, 4.69) is 58.8 Å². The highest BCUT2D eigenvalue weighted by Gasteiger charge is 2.71. The molecule has 5 aliphatic carbocycles. The SMILES string of the molecule is C=C(C)[C@@H]1CC[C@]2(C(=O)NCCC(=O)NCCCCCCC(=O)O)CC[C@]3(C)[C@H](CCC4[C@@]5(C)CC[C@H](O)C(C)(C)[C@@H]5CC[C@]43C)[C@@H]12. The van der Waals surface area contributed by atoms with Gasteiger partial charge in [0.05, 0.1) is 11.5 Å². The lowest BCUT2D eigenvalue weighted by atomic mass is 9.32. The number of amides is 2. The number of fused-ring (bicyclic) bond motifs is 7. The second kappa shape index (κ2) is 13.4. The summed E-state index contributed by atoms with van der Waals surface area (Å²) in [5.74, 6) is 1.67. The molecule has 5 fully saturated rings. The lowest BCUT2D eigenvalue weighted by molar-refractivity contribution is -0.246. The van der Waals surface area contributed by atoms with Crippen LogP contribution >= 0.6 is 0 Å². The van der Waals surface area contributed by atoms with Crippen LogP contribution in [0.1, 0.15) is 144 Å². The number of nitrogens with one attached hydrogen (secondary N) is 2. The molecule has 266 valence electrons. The van der Waals surface area contributed by atoms with E-state index >= 15 is 0 Å². The summed E-state index contributed by atoms with van der Waals surface area (Å²) >= 11 is 0. The van der Waals surface area contributed by atoms with Gasteiger partial charge in [-0.2, -0.15) is 0 Å². The Bertz CT molecular complexity index is 1210. The molecular weight excluding hydrogens is 588 g/mol. The van der Waals surface area contributed by atoms with E-state index in [0.29, 0.717) is 49.1 Å². The number of carboxylic acids is 1. The first-order valence-electron chi connectivity index (χ1n) is 19.1. The van der Waals surface area contributed by atoms with Gasteiger partial charge in [0.2, 0.25) is 11.8 Å². The lowest BCUT2D eigenvalue weighted by Gasteiger charge is -2.72. The molecule has 0 aromatic carbocycles. The van der Waals surface area contributed by atoms with Crippen molar-refractivity contribution in [3.8, 4) is 0 Å². The third-order valence-electron chi connectivity index (χ3n) is 15.8. The number of allylic oxidation sites excluding steroid dienone is 1. The number of carbonyl (C=O) groups excluding carboxylic acids is 2. The fourth-order valence-corrected chi connectivity index (χ4v) is 13.1. The van der Waals surface area contributed by atoms with Crippen LogP contribution in [-0.2, 0) is 14.4 Å². The van der Waals surface area contributed by atoms with Crippen molar-refractivity contribution < 1.29 is 24.6 Å². The molecule has 5 saturated carbocycles. The van der Waals surface area contributed by atoms with E-state index in [-0.39, 0.29) is 57.8 Å². The number of hydrogen-bond donors (Lipinski definition) is 4. The number of aliphatic carboxylic acids is 1. The molecule has 5 rings (SSSR count). The van der Waals surface area contributed by atoms with Crippen molar-refractivity contribution in [1.29, 1.82) is 0 Å². The van der Waals surface area contributed by atoms with Crippen LogP contribution in [0.3, 0.4) is 0 Å². The Labute approximate surface area is 284 Å². The van der Waals surface area contributed by atoms with Crippen LogP contribution in [0.25, 0.3) is 0 Å². The summed E-state index contributed by atoms with van der Waals surface area (Å²) in [5, 5.41) is 26.0. The molecule has 0 radical (unpaired) electrons. The molecule has 0 aromatic rings. The maximum Gasteiger partial charge on any atom is 0.303 e.